The van der Waals surface area contributed by atoms with Crippen LogP contribution in [0.3, 0.4) is 0 Å². The average molecular weight is 393 g/mol. The molecule has 29 heavy (non-hydrogen) atoms. The van der Waals surface area contributed by atoms with Gasteiger partial charge >= 0.3 is 0 Å². The Bertz CT molecular complexity index is 1010. The van der Waals surface area contributed by atoms with Crippen LogP contribution in [0.2, 0.25) is 0 Å². The zero-order valence-electron chi connectivity index (χ0n) is 16.0. The van der Waals surface area contributed by atoms with E-state index in [-0.39, 0.29) is 18.2 Å². The summed E-state index contributed by atoms with van der Waals surface area (Å²) in [5.41, 5.74) is 1.46. The van der Waals surface area contributed by atoms with Gasteiger partial charge < -0.3 is 13.9 Å². The van der Waals surface area contributed by atoms with Gasteiger partial charge in [-0.1, -0.05) is 18.2 Å². The predicted molar refractivity (Wildman–Crippen MR) is 102 cm³/mol. The lowest BCUT2D eigenvalue weighted by Gasteiger charge is -2.26. The molecule has 0 radical (unpaired) electrons. The Morgan fingerprint density at radius 1 is 1.07 bits per heavy atom. The number of hydrogen-bond acceptors (Lipinski definition) is 7. The molecule has 0 N–H and O–H groups in total. The summed E-state index contributed by atoms with van der Waals surface area (Å²) in [5.74, 6) is 0.697. The smallest absolute Gasteiger partial charge is 0.262 e. The number of nitrogens with zero attached hydrogens (tertiary/aromatic N) is 3. The Kier molecular flexibility index (Phi) is 4.99. The van der Waals surface area contributed by atoms with Gasteiger partial charge in [0.05, 0.1) is 37.3 Å². The highest BCUT2D eigenvalue weighted by Crippen LogP contribution is 2.37. The fourth-order valence-corrected chi connectivity index (χ4v) is 3.47. The molecule has 1 atom stereocenters. The second-order valence-electron chi connectivity index (χ2n) is 6.42. The molecule has 2 amide bonds. The first-order chi connectivity index (χ1) is 14.1. The van der Waals surface area contributed by atoms with E-state index in [0.717, 1.165) is 0 Å². The van der Waals surface area contributed by atoms with E-state index in [1.807, 2.05) is 6.92 Å². The maximum absolute atomic E-state index is 13.1. The molecule has 3 aromatic rings. The minimum Gasteiger partial charge on any atom is -0.493 e. The molecule has 8 heteroatoms. The zero-order valence-corrected chi connectivity index (χ0v) is 16.0. The molecule has 4 rings (SSSR count). The van der Waals surface area contributed by atoms with Gasteiger partial charge in [-0.3, -0.25) is 14.5 Å². The number of carbonyl (C=O) groups is 2. The van der Waals surface area contributed by atoms with Crippen LogP contribution in [0, 0.1) is 0 Å². The third-order valence-corrected chi connectivity index (χ3v) is 4.78. The van der Waals surface area contributed by atoms with Gasteiger partial charge in [0, 0.05) is 0 Å². The normalized spacial score (nSPS) is 14.1. The van der Waals surface area contributed by atoms with Crippen LogP contribution in [-0.2, 0) is 6.42 Å². The molecule has 0 spiro atoms. The third kappa shape index (κ3) is 3.33. The van der Waals surface area contributed by atoms with Crippen molar-refractivity contribution in [1.82, 2.24) is 15.1 Å². The summed E-state index contributed by atoms with van der Waals surface area (Å²) in [4.78, 5) is 27.4. The standard InChI is InChI=1S/C21H19N3O5/c1-3-28-18-10-13(8-9-17(18)27-2)16(11-19-23-22-12-29-19)24-20(25)14-6-4-5-7-15(14)21(24)26/h4-10,12,16H,3,11H2,1-2H3. The van der Waals surface area contributed by atoms with Gasteiger partial charge in [-0.2, -0.15) is 0 Å². The summed E-state index contributed by atoms with van der Waals surface area (Å²) in [6.45, 7) is 2.31. The molecular weight excluding hydrogens is 374 g/mol. The van der Waals surface area contributed by atoms with Crippen LogP contribution in [0.25, 0.3) is 0 Å². The first-order valence-electron chi connectivity index (χ1n) is 9.16. The first-order valence-corrected chi connectivity index (χ1v) is 9.16. The minimum atomic E-state index is -0.645. The SMILES string of the molecule is CCOc1cc(C(Cc2nnco2)N2C(=O)c3ccccc3C2=O)ccc1OC. The maximum Gasteiger partial charge on any atom is 0.262 e. The van der Waals surface area contributed by atoms with E-state index in [4.69, 9.17) is 13.9 Å². The van der Waals surface area contributed by atoms with Crippen molar-refractivity contribution in [2.24, 2.45) is 0 Å². The zero-order chi connectivity index (χ0) is 20.4. The van der Waals surface area contributed by atoms with Gasteiger partial charge in [-0.05, 0) is 36.8 Å². The van der Waals surface area contributed by atoms with E-state index in [2.05, 4.69) is 10.2 Å². The van der Waals surface area contributed by atoms with Crippen LogP contribution in [0.15, 0.2) is 53.3 Å². The summed E-state index contributed by atoms with van der Waals surface area (Å²) in [6, 6.07) is 11.5. The van der Waals surface area contributed by atoms with Gasteiger partial charge in [0.25, 0.3) is 11.8 Å². The van der Waals surface area contributed by atoms with Crippen molar-refractivity contribution in [2.45, 2.75) is 19.4 Å². The van der Waals surface area contributed by atoms with E-state index in [0.29, 0.717) is 40.7 Å². The van der Waals surface area contributed by atoms with Crippen LogP contribution in [-0.4, -0.2) is 40.6 Å². The van der Waals surface area contributed by atoms with Crippen molar-refractivity contribution in [3.05, 3.63) is 71.4 Å². The summed E-state index contributed by atoms with van der Waals surface area (Å²) in [5, 5.41) is 7.62. The number of amides is 2. The molecule has 148 valence electrons. The molecule has 1 aromatic heterocycles. The molecule has 0 saturated heterocycles. The van der Waals surface area contributed by atoms with E-state index >= 15 is 0 Å². The molecule has 0 bridgehead atoms. The molecule has 8 nitrogen and oxygen atoms in total. The lowest BCUT2D eigenvalue weighted by molar-refractivity contribution is 0.0576. The van der Waals surface area contributed by atoms with E-state index in [1.165, 1.54) is 11.3 Å². The maximum atomic E-state index is 13.1. The van der Waals surface area contributed by atoms with Gasteiger partial charge in [0.2, 0.25) is 12.3 Å². The highest BCUT2D eigenvalue weighted by atomic mass is 16.5. The Morgan fingerprint density at radius 2 is 1.79 bits per heavy atom. The monoisotopic (exact) mass is 393 g/mol. The molecule has 1 aliphatic rings. The van der Waals surface area contributed by atoms with Crippen molar-refractivity contribution < 1.29 is 23.5 Å². The number of imide groups is 1. The van der Waals surface area contributed by atoms with Gasteiger partial charge in [0.1, 0.15) is 0 Å². The summed E-state index contributed by atoms with van der Waals surface area (Å²) in [7, 11) is 1.55. The van der Waals surface area contributed by atoms with Gasteiger partial charge in [0.15, 0.2) is 11.5 Å². The van der Waals surface area contributed by atoms with Crippen LogP contribution in [0.4, 0.5) is 0 Å². The van der Waals surface area contributed by atoms with Crippen molar-refractivity contribution in [2.75, 3.05) is 13.7 Å². The first kappa shape index (κ1) is 18.7. The average Bonchev–Trinajstić information content (AvgIpc) is 3.34. The summed E-state index contributed by atoms with van der Waals surface area (Å²) < 4.78 is 16.3. The van der Waals surface area contributed by atoms with Crippen molar-refractivity contribution in [3.63, 3.8) is 0 Å². The molecule has 2 heterocycles. The molecule has 0 fully saturated rings. The Hall–Kier alpha value is -3.68. The number of rotatable bonds is 7. The fourth-order valence-electron chi connectivity index (χ4n) is 3.47. The van der Waals surface area contributed by atoms with Crippen molar-refractivity contribution >= 4 is 11.8 Å². The number of benzene rings is 2. The van der Waals surface area contributed by atoms with Crippen molar-refractivity contribution in [1.29, 1.82) is 0 Å². The van der Waals surface area contributed by atoms with Crippen molar-refractivity contribution in [3.8, 4) is 11.5 Å². The number of methoxy groups -OCH3 is 1. The summed E-state index contributed by atoms with van der Waals surface area (Å²) in [6.07, 6.45) is 1.40. The second kappa shape index (κ2) is 7.75. The lowest BCUT2D eigenvalue weighted by Crippen LogP contribution is -2.35. The molecule has 1 unspecified atom stereocenters. The van der Waals surface area contributed by atoms with E-state index in [9.17, 15) is 9.59 Å². The van der Waals surface area contributed by atoms with E-state index < -0.39 is 6.04 Å². The second-order valence-corrected chi connectivity index (χ2v) is 6.42. The minimum absolute atomic E-state index is 0.184. The van der Waals surface area contributed by atoms with Gasteiger partial charge in [-0.25, -0.2) is 0 Å². The van der Waals surface area contributed by atoms with Crippen LogP contribution >= 0.6 is 0 Å². The van der Waals surface area contributed by atoms with Crippen LogP contribution in [0.5, 0.6) is 11.5 Å². The van der Waals surface area contributed by atoms with Gasteiger partial charge in [-0.15, -0.1) is 10.2 Å². The molecule has 0 saturated carbocycles. The van der Waals surface area contributed by atoms with Crippen LogP contribution < -0.4 is 9.47 Å². The number of ether oxygens (including phenoxy) is 2. The Balaban J connectivity index is 1.78. The highest BCUT2D eigenvalue weighted by molar-refractivity contribution is 6.21. The largest absolute Gasteiger partial charge is 0.493 e. The number of aromatic nitrogens is 2. The molecule has 1 aliphatic heterocycles. The number of fused-ring (bicyclic) bond motifs is 1. The topological polar surface area (TPSA) is 94.8 Å². The fraction of sp³-hybridized carbons (Fsp3) is 0.238. The summed E-state index contributed by atoms with van der Waals surface area (Å²) >= 11 is 0. The number of carbonyl (C=O) groups excluding carboxylic acids is 2. The molecule has 0 aliphatic carbocycles. The predicted octanol–water partition coefficient (Wildman–Crippen LogP) is 3.06. The quantitative estimate of drug-likeness (QED) is 0.569. The Labute approximate surface area is 167 Å². The molecule has 2 aromatic carbocycles. The highest BCUT2D eigenvalue weighted by Gasteiger charge is 2.41. The molecular formula is C21H19N3O5. The van der Waals surface area contributed by atoms with Crippen LogP contribution in [0.1, 0.15) is 45.1 Å². The third-order valence-electron chi connectivity index (χ3n) is 4.78. The lowest BCUT2D eigenvalue weighted by atomic mass is 10.0. The van der Waals surface area contributed by atoms with E-state index in [1.54, 1.807) is 49.6 Å². The number of hydrogen-bond donors (Lipinski definition) is 0. The Morgan fingerprint density at radius 3 is 2.38 bits per heavy atom.